The molecule has 1 aliphatic carbocycles. The molecule has 1 aliphatic rings. The van der Waals surface area contributed by atoms with Crippen LogP contribution in [-0.2, 0) is 24.7 Å². The number of fused-ring (bicyclic) bond motifs is 3. The Morgan fingerprint density at radius 1 is 0.778 bits per heavy atom. The van der Waals surface area contributed by atoms with Gasteiger partial charge in [0, 0.05) is 0 Å². The summed E-state index contributed by atoms with van der Waals surface area (Å²) < 4.78 is 0. The molecule has 27 heavy (non-hydrogen) atoms. The second kappa shape index (κ2) is 7.00. The highest BCUT2D eigenvalue weighted by atomic mass is 14.3. The summed E-state index contributed by atoms with van der Waals surface area (Å²) in [5.74, 6) is 0.536. The predicted molar refractivity (Wildman–Crippen MR) is 117 cm³/mol. The predicted octanol–water partition coefficient (Wildman–Crippen LogP) is 7.10. The summed E-state index contributed by atoms with van der Waals surface area (Å²) >= 11 is 0. The minimum absolute atomic E-state index is 0.206. The summed E-state index contributed by atoms with van der Waals surface area (Å²) in [5, 5.41) is 0. The van der Waals surface area contributed by atoms with Crippen molar-refractivity contribution in [2.45, 2.75) is 58.3 Å². The summed E-state index contributed by atoms with van der Waals surface area (Å²) in [5.41, 5.74) is 10.4. The van der Waals surface area contributed by atoms with Crippen LogP contribution in [0.3, 0.4) is 0 Å². The first-order valence-corrected chi connectivity index (χ1v) is 10.3. The fraction of sp³-hybridized carbons (Fsp3) is 0.333. The number of hydrogen-bond donors (Lipinski definition) is 0. The van der Waals surface area contributed by atoms with Gasteiger partial charge in [0.05, 0.1) is 0 Å². The molecule has 0 aliphatic heterocycles. The molecule has 0 heterocycles. The SMILES string of the molecule is CCc1ccc2c(c1)CC(c1ccc(C(C)(C)C)cc1)Cc1ccccc1-2. The minimum atomic E-state index is 0.206. The first-order chi connectivity index (χ1) is 13.0. The van der Waals surface area contributed by atoms with Crippen molar-refractivity contribution in [2.75, 3.05) is 0 Å². The number of rotatable bonds is 2. The minimum Gasteiger partial charge on any atom is -0.0620 e. The Balaban J connectivity index is 1.78. The van der Waals surface area contributed by atoms with E-state index in [0.29, 0.717) is 5.92 Å². The van der Waals surface area contributed by atoms with Gasteiger partial charge in [-0.3, -0.25) is 0 Å². The lowest BCUT2D eigenvalue weighted by Gasteiger charge is -2.21. The number of benzene rings is 3. The third kappa shape index (κ3) is 3.58. The molecule has 0 aromatic heterocycles. The monoisotopic (exact) mass is 354 g/mol. The van der Waals surface area contributed by atoms with Crippen LogP contribution in [0.1, 0.15) is 61.4 Å². The molecule has 1 unspecified atom stereocenters. The fourth-order valence-electron chi connectivity index (χ4n) is 4.35. The first kappa shape index (κ1) is 18.0. The molecule has 0 heteroatoms. The molecule has 4 rings (SSSR count). The molecular weight excluding hydrogens is 324 g/mol. The molecule has 0 bridgehead atoms. The quantitative estimate of drug-likeness (QED) is 0.460. The normalized spacial score (nSPS) is 16.4. The largest absolute Gasteiger partial charge is 0.0620 e. The van der Waals surface area contributed by atoms with Crippen molar-refractivity contribution in [1.82, 2.24) is 0 Å². The lowest BCUT2D eigenvalue weighted by atomic mass is 9.83. The molecule has 3 aromatic carbocycles. The van der Waals surface area contributed by atoms with E-state index in [9.17, 15) is 0 Å². The van der Waals surface area contributed by atoms with E-state index in [1.165, 1.54) is 38.9 Å². The van der Waals surface area contributed by atoms with Crippen molar-refractivity contribution in [3.8, 4) is 11.1 Å². The van der Waals surface area contributed by atoms with Crippen molar-refractivity contribution < 1.29 is 0 Å². The molecule has 0 spiro atoms. The molecule has 0 saturated heterocycles. The smallest absolute Gasteiger partial charge is 0.00806 e. The highest BCUT2D eigenvalue weighted by molar-refractivity contribution is 5.72. The van der Waals surface area contributed by atoms with E-state index >= 15 is 0 Å². The molecule has 1 atom stereocenters. The number of aryl methyl sites for hydroxylation is 1. The van der Waals surface area contributed by atoms with Crippen molar-refractivity contribution in [3.63, 3.8) is 0 Å². The lowest BCUT2D eigenvalue weighted by molar-refractivity contribution is 0.589. The third-order valence-electron chi connectivity index (χ3n) is 6.07. The van der Waals surface area contributed by atoms with Crippen LogP contribution in [0.2, 0.25) is 0 Å². The second-order valence-electron chi connectivity index (χ2n) is 8.98. The van der Waals surface area contributed by atoms with E-state index in [1.54, 1.807) is 0 Å². The third-order valence-corrected chi connectivity index (χ3v) is 6.07. The van der Waals surface area contributed by atoms with Gasteiger partial charge in [-0.1, -0.05) is 94.4 Å². The van der Waals surface area contributed by atoms with E-state index in [-0.39, 0.29) is 5.41 Å². The van der Waals surface area contributed by atoms with E-state index in [4.69, 9.17) is 0 Å². The Labute approximate surface area is 164 Å². The summed E-state index contributed by atoms with van der Waals surface area (Å²) in [4.78, 5) is 0. The zero-order valence-electron chi connectivity index (χ0n) is 17.0. The maximum Gasteiger partial charge on any atom is -0.00806 e. The zero-order valence-corrected chi connectivity index (χ0v) is 17.0. The molecule has 138 valence electrons. The van der Waals surface area contributed by atoms with E-state index in [0.717, 1.165) is 19.3 Å². The summed E-state index contributed by atoms with van der Waals surface area (Å²) in [6.07, 6.45) is 3.33. The molecule has 0 radical (unpaired) electrons. The van der Waals surface area contributed by atoms with Crippen LogP contribution in [0.5, 0.6) is 0 Å². The van der Waals surface area contributed by atoms with Crippen molar-refractivity contribution in [1.29, 1.82) is 0 Å². The fourth-order valence-corrected chi connectivity index (χ4v) is 4.35. The average Bonchev–Trinajstić information content (AvgIpc) is 2.83. The Hall–Kier alpha value is -2.34. The Morgan fingerprint density at radius 2 is 1.44 bits per heavy atom. The van der Waals surface area contributed by atoms with E-state index < -0.39 is 0 Å². The summed E-state index contributed by atoms with van der Waals surface area (Å²) in [6.45, 7) is 9.10. The van der Waals surface area contributed by atoms with E-state index in [2.05, 4.69) is 94.4 Å². The summed E-state index contributed by atoms with van der Waals surface area (Å²) in [6, 6.07) is 25.4. The Kier molecular flexibility index (Phi) is 4.68. The zero-order chi connectivity index (χ0) is 19.0. The first-order valence-electron chi connectivity index (χ1n) is 10.3. The molecule has 0 fully saturated rings. The van der Waals surface area contributed by atoms with Gasteiger partial charge in [0.1, 0.15) is 0 Å². The van der Waals surface area contributed by atoms with Gasteiger partial charge in [0.15, 0.2) is 0 Å². The van der Waals surface area contributed by atoms with Gasteiger partial charge in [-0.25, -0.2) is 0 Å². The van der Waals surface area contributed by atoms with Gasteiger partial charge >= 0.3 is 0 Å². The van der Waals surface area contributed by atoms with Gasteiger partial charge < -0.3 is 0 Å². The van der Waals surface area contributed by atoms with Crippen LogP contribution in [0.4, 0.5) is 0 Å². The molecule has 3 aromatic rings. The van der Waals surface area contributed by atoms with E-state index in [1.807, 2.05) is 0 Å². The van der Waals surface area contributed by atoms with Gasteiger partial charge in [-0.15, -0.1) is 0 Å². The molecule has 0 saturated carbocycles. The van der Waals surface area contributed by atoms with Crippen LogP contribution in [0.25, 0.3) is 11.1 Å². The molecule has 0 nitrogen and oxygen atoms in total. The lowest BCUT2D eigenvalue weighted by Crippen LogP contribution is -2.12. The average molecular weight is 355 g/mol. The maximum absolute atomic E-state index is 2.44. The van der Waals surface area contributed by atoms with Crippen LogP contribution in [-0.4, -0.2) is 0 Å². The maximum atomic E-state index is 2.44. The number of hydrogen-bond acceptors (Lipinski definition) is 0. The van der Waals surface area contributed by atoms with Gasteiger partial charge in [-0.05, 0) is 69.5 Å². The van der Waals surface area contributed by atoms with Crippen molar-refractivity contribution in [2.24, 2.45) is 0 Å². The second-order valence-corrected chi connectivity index (χ2v) is 8.98. The topological polar surface area (TPSA) is 0 Å². The van der Waals surface area contributed by atoms with Crippen molar-refractivity contribution >= 4 is 0 Å². The molecule has 0 amide bonds. The van der Waals surface area contributed by atoms with Crippen LogP contribution in [0, 0.1) is 0 Å². The summed E-state index contributed by atoms with van der Waals surface area (Å²) in [7, 11) is 0. The molecular formula is C27H30. The Morgan fingerprint density at radius 3 is 2.15 bits per heavy atom. The van der Waals surface area contributed by atoms with Crippen LogP contribution >= 0.6 is 0 Å². The van der Waals surface area contributed by atoms with Gasteiger partial charge in [0.25, 0.3) is 0 Å². The Bertz CT molecular complexity index is 939. The van der Waals surface area contributed by atoms with Gasteiger partial charge in [0.2, 0.25) is 0 Å². The highest BCUT2D eigenvalue weighted by Gasteiger charge is 2.23. The van der Waals surface area contributed by atoms with Gasteiger partial charge in [-0.2, -0.15) is 0 Å². The highest BCUT2D eigenvalue weighted by Crippen LogP contribution is 2.38. The van der Waals surface area contributed by atoms with Crippen LogP contribution < -0.4 is 0 Å². The standard InChI is InChI=1S/C27H30/c1-5-19-10-15-26-23(16-19)18-22(17-21-8-6-7-9-25(21)26)20-11-13-24(14-12-20)27(2,3)4/h6-16,22H,5,17-18H2,1-4H3. The van der Waals surface area contributed by atoms with Crippen LogP contribution in [0.15, 0.2) is 66.7 Å². The van der Waals surface area contributed by atoms with Crippen molar-refractivity contribution in [3.05, 3.63) is 94.5 Å². The molecule has 0 N–H and O–H groups in total.